The summed E-state index contributed by atoms with van der Waals surface area (Å²) in [7, 11) is 4.19. The Kier molecular flexibility index (Phi) is 5.39. The number of nitrogens with zero attached hydrogens (tertiary/aromatic N) is 3. The van der Waals surface area contributed by atoms with Crippen molar-refractivity contribution in [2.75, 3.05) is 53.4 Å². The number of carboxylic acid groups (broad SMARTS) is 1. The highest BCUT2D eigenvalue weighted by atomic mass is 16.4. The number of piperazine rings is 1. The summed E-state index contributed by atoms with van der Waals surface area (Å²) in [5, 5.41) is 9.04. The summed E-state index contributed by atoms with van der Waals surface area (Å²) in [6.07, 6.45) is 0. The second kappa shape index (κ2) is 7.06. The van der Waals surface area contributed by atoms with Gasteiger partial charge >= 0.3 is 5.97 Å². The Balaban J connectivity index is 1.81. The van der Waals surface area contributed by atoms with Crippen LogP contribution in [0.15, 0.2) is 10.5 Å². The zero-order valence-corrected chi connectivity index (χ0v) is 13.1. The standard InChI is InChI=1S/C15H25N3O3/c1-12-14(15(19)20)10-13(21-12)11-18-8-6-17(7-9-18)5-4-16(2)3/h10H,4-9,11H2,1-3H3,(H,19,20). The zero-order valence-electron chi connectivity index (χ0n) is 13.1. The molecule has 1 aliphatic heterocycles. The molecule has 0 saturated carbocycles. The number of furan rings is 1. The van der Waals surface area contributed by atoms with Gasteiger partial charge in [0.2, 0.25) is 0 Å². The van der Waals surface area contributed by atoms with E-state index < -0.39 is 5.97 Å². The molecule has 0 aliphatic carbocycles. The highest BCUT2D eigenvalue weighted by Gasteiger charge is 2.20. The second-order valence-electron chi connectivity index (χ2n) is 5.91. The number of carbonyl (C=O) groups is 1. The van der Waals surface area contributed by atoms with Crippen LogP contribution in [0.25, 0.3) is 0 Å². The molecule has 1 fully saturated rings. The molecular weight excluding hydrogens is 270 g/mol. The molecule has 0 bridgehead atoms. The van der Waals surface area contributed by atoms with Crippen molar-refractivity contribution in [1.82, 2.24) is 14.7 Å². The van der Waals surface area contributed by atoms with Crippen molar-refractivity contribution in [2.45, 2.75) is 13.5 Å². The highest BCUT2D eigenvalue weighted by Crippen LogP contribution is 2.17. The van der Waals surface area contributed by atoms with E-state index in [9.17, 15) is 4.79 Å². The number of aromatic carboxylic acids is 1. The van der Waals surface area contributed by atoms with Gasteiger partial charge in [-0.3, -0.25) is 9.80 Å². The van der Waals surface area contributed by atoms with Crippen LogP contribution in [0.4, 0.5) is 0 Å². The molecule has 6 nitrogen and oxygen atoms in total. The molecule has 0 aromatic carbocycles. The summed E-state index contributed by atoms with van der Waals surface area (Å²) in [6, 6.07) is 1.65. The van der Waals surface area contributed by atoms with Crippen molar-refractivity contribution < 1.29 is 14.3 Å². The van der Waals surface area contributed by atoms with E-state index in [4.69, 9.17) is 9.52 Å². The first-order valence-electron chi connectivity index (χ1n) is 7.37. The normalized spacial score (nSPS) is 17.5. The van der Waals surface area contributed by atoms with Crippen molar-refractivity contribution in [2.24, 2.45) is 0 Å². The van der Waals surface area contributed by atoms with Crippen LogP contribution >= 0.6 is 0 Å². The summed E-state index contributed by atoms with van der Waals surface area (Å²) in [5.74, 6) is 0.310. The van der Waals surface area contributed by atoms with Crippen LogP contribution in [0.1, 0.15) is 21.9 Å². The molecule has 0 radical (unpaired) electrons. The van der Waals surface area contributed by atoms with Crippen molar-refractivity contribution in [3.05, 3.63) is 23.2 Å². The topological polar surface area (TPSA) is 60.2 Å². The maximum atomic E-state index is 11.0. The first-order chi connectivity index (χ1) is 9.95. The van der Waals surface area contributed by atoms with Crippen LogP contribution < -0.4 is 0 Å². The van der Waals surface area contributed by atoms with Crippen LogP contribution in [0, 0.1) is 6.92 Å². The van der Waals surface area contributed by atoms with Crippen LogP contribution in [0.3, 0.4) is 0 Å². The Labute approximate surface area is 125 Å². The number of rotatable bonds is 6. The molecule has 1 saturated heterocycles. The van der Waals surface area contributed by atoms with Crippen LogP contribution in [-0.2, 0) is 6.54 Å². The summed E-state index contributed by atoms with van der Waals surface area (Å²) >= 11 is 0. The van der Waals surface area contributed by atoms with E-state index in [1.54, 1.807) is 13.0 Å². The smallest absolute Gasteiger partial charge is 0.339 e. The summed E-state index contributed by atoms with van der Waals surface area (Å²) in [6.45, 7) is 8.68. The molecule has 6 heteroatoms. The van der Waals surface area contributed by atoms with Gasteiger partial charge < -0.3 is 14.4 Å². The summed E-state index contributed by atoms with van der Waals surface area (Å²) in [4.78, 5) is 18.0. The molecule has 1 aromatic rings. The van der Waals surface area contributed by atoms with Crippen molar-refractivity contribution in [3.63, 3.8) is 0 Å². The Morgan fingerprint density at radius 1 is 1.29 bits per heavy atom. The monoisotopic (exact) mass is 295 g/mol. The maximum Gasteiger partial charge on any atom is 0.339 e. The molecule has 0 atom stereocenters. The first-order valence-corrected chi connectivity index (χ1v) is 7.37. The Morgan fingerprint density at radius 2 is 1.90 bits per heavy atom. The maximum absolute atomic E-state index is 11.0. The van der Waals surface area contributed by atoms with Gasteiger partial charge in [-0.05, 0) is 27.1 Å². The molecule has 1 aliphatic rings. The number of aryl methyl sites for hydroxylation is 1. The molecule has 1 N–H and O–H groups in total. The van der Waals surface area contributed by atoms with Gasteiger partial charge in [-0.15, -0.1) is 0 Å². The Morgan fingerprint density at radius 3 is 2.43 bits per heavy atom. The lowest BCUT2D eigenvalue weighted by Crippen LogP contribution is -2.47. The first kappa shape index (κ1) is 16.0. The van der Waals surface area contributed by atoms with E-state index in [1.165, 1.54) is 0 Å². The molecule has 21 heavy (non-hydrogen) atoms. The molecule has 2 heterocycles. The molecule has 0 amide bonds. The zero-order chi connectivity index (χ0) is 15.4. The summed E-state index contributed by atoms with van der Waals surface area (Å²) < 4.78 is 5.54. The van der Waals surface area contributed by atoms with Gasteiger partial charge in [-0.1, -0.05) is 0 Å². The van der Waals surface area contributed by atoms with Crippen LogP contribution in [-0.4, -0.2) is 79.1 Å². The molecule has 118 valence electrons. The van der Waals surface area contributed by atoms with Gasteiger partial charge in [-0.25, -0.2) is 4.79 Å². The van der Waals surface area contributed by atoms with E-state index in [2.05, 4.69) is 28.8 Å². The van der Waals surface area contributed by atoms with Crippen LogP contribution in [0.5, 0.6) is 0 Å². The SMILES string of the molecule is Cc1oc(CN2CCN(CCN(C)C)CC2)cc1C(=O)O. The van der Waals surface area contributed by atoms with Gasteiger partial charge in [0.15, 0.2) is 0 Å². The molecular formula is C15H25N3O3. The summed E-state index contributed by atoms with van der Waals surface area (Å²) in [5.41, 5.74) is 0.273. The third-order valence-electron chi connectivity index (χ3n) is 3.91. The minimum absolute atomic E-state index is 0.273. The fourth-order valence-electron chi connectivity index (χ4n) is 2.57. The lowest BCUT2D eigenvalue weighted by atomic mass is 10.2. The van der Waals surface area contributed by atoms with Crippen molar-refractivity contribution >= 4 is 5.97 Å². The minimum Gasteiger partial charge on any atom is -0.478 e. The van der Waals surface area contributed by atoms with Gasteiger partial charge in [0, 0.05) is 39.3 Å². The van der Waals surface area contributed by atoms with E-state index in [1.807, 2.05) is 0 Å². The third kappa shape index (κ3) is 4.56. The number of likely N-dealkylation sites (N-methyl/N-ethyl adjacent to an activating group) is 1. The fraction of sp³-hybridized carbons (Fsp3) is 0.667. The third-order valence-corrected chi connectivity index (χ3v) is 3.91. The second-order valence-corrected chi connectivity index (χ2v) is 5.91. The number of hydrogen-bond donors (Lipinski definition) is 1. The largest absolute Gasteiger partial charge is 0.478 e. The van der Waals surface area contributed by atoms with Gasteiger partial charge in [0.1, 0.15) is 17.1 Å². The molecule has 1 aromatic heterocycles. The predicted octanol–water partition coefficient (Wildman–Crippen LogP) is 0.965. The fourth-order valence-corrected chi connectivity index (χ4v) is 2.57. The van der Waals surface area contributed by atoms with E-state index >= 15 is 0 Å². The number of hydrogen-bond acceptors (Lipinski definition) is 5. The lowest BCUT2D eigenvalue weighted by Gasteiger charge is -2.34. The quantitative estimate of drug-likeness (QED) is 0.844. The van der Waals surface area contributed by atoms with Gasteiger partial charge in [0.05, 0.1) is 6.54 Å². The van der Waals surface area contributed by atoms with Gasteiger partial charge in [0.25, 0.3) is 0 Å². The molecule has 2 rings (SSSR count). The van der Waals surface area contributed by atoms with E-state index in [0.29, 0.717) is 12.3 Å². The van der Waals surface area contributed by atoms with Crippen molar-refractivity contribution in [1.29, 1.82) is 0 Å². The predicted molar refractivity (Wildman–Crippen MR) is 80.7 cm³/mol. The van der Waals surface area contributed by atoms with Crippen molar-refractivity contribution in [3.8, 4) is 0 Å². The number of carboxylic acids is 1. The molecule has 0 spiro atoms. The Hall–Kier alpha value is -1.37. The average Bonchev–Trinajstić information content (AvgIpc) is 2.79. The molecule has 0 unspecified atom stereocenters. The van der Waals surface area contributed by atoms with E-state index in [-0.39, 0.29) is 5.56 Å². The lowest BCUT2D eigenvalue weighted by molar-refractivity contribution is 0.0695. The van der Waals surface area contributed by atoms with Gasteiger partial charge in [-0.2, -0.15) is 0 Å². The van der Waals surface area contributed by atoms with Crippen LogP contribution in [0.2, 0.25) is 0 Å². The average molecular weight is 295 g/mol. The van der Waals surface area contributed by atoms with E-state index in [0.717, 1.165) is 45.0 Å². The Bertz CT molecular complexity index is 477. The highest BCUT2D eigenvalue weighted by molar-refractivity contribution is 5.88. The minimum atomic E-state index is -0.920.